The van der Waals surface area contributed by atoms with Gasteiger partial charge in [-0.1, -0.05) is 26.0 Å². The summed E-state index contributed by atoms with van der Waals surface area (Å²) in [4.78, 5) is 16.1. The van der Waals surface area contributed by atoms with E-state index in [1.807, 2.05) is 32.9 Å². The molecular weight excluding hydrogens is 258 g/mol. The number of aryl methyl sites for hydroxylation is 2. The lowest BCUT2D eigenvalue weighted by atomic mass is 10.1. The highest BCUT2D eigenvalue weighted by molar-refractivity contribution is 7.17. The van der Waals surface area contributed by atoms with Crippen molar-refractivity contribution in [3.63, 3.8) is 0 Å². The zero-order valence-electron chi connectivity index (χ0n) is 11.5. The Bertz CT molecular complexity index is 629. The monoisotopic (exact) mass is 275 g/mol. The van der Waals surface area contributed by atoms with Gasteiger partial charge in [-0.25, -0.2) is 9.78 Å². The van der Waals surface area contributed by atoms with E-state index < -0.39 is 5.97 Å². The molecule has 0 bridgehead atoms. The summed E-state index contributed by atoms with van der Waals surface area (Å²) in [7, 11) is 0. The summed E-state index contributed by atoms with van der Waals surface area (Å²) in [5, 5.41) is 10.0. The average molecular weight is 275 g/mol. The summed E-state index contributed by atoms with van der Waals surface area (Å²) in [5.74, 6) is -0.779. The number of aromatic carboxylic acids is 1. The smallest absolute Gasteiger partial charge is 0.347 e. The maximum Gasteiger partial charge on any atom is 0.347 e. The van der Waals surface area contributed by atoms with Gasteiger partial charge in [0, 0.05) is 5.56 Å². The van der Waals surface area contributed by atoms with Gasteiger partial charge in [-0.05, 0) is 37.0 Å². The predicted molar refractivity (Wildman–Crippen MR) is 78.1 cm³/mol. The first-order valence-corrected chi connectivity index (χ1v) is 7.03. The molecule has 1 aromatic carbocycles. The zero-order valence-corrected chi connectivity index (χ0v) is 12.3. The van der Waals surface area contributed by atoms with Crippen molar-refractivity contribution in [2.45, 2.75) is 33.6 Å². The molecule has 0 aliphatic carbocycles. The lowest BCUT2D eigenvalue weighted by Gasteiger charge is -2.02. The highest BCUT2D eigenvalue weighted by atomic mass is 32.1. The maximum atomic E-state index is 11.3. The quantitative estimate of drug-likeness (QED) is 0.911. The Morgan fingerprint density at radius 2 is 1.95 bits per heavy atom. The SMILES string of the molecule is Cc1ccc(-c2nc(C(C)C)c(C(=O)O)s2)cc1C. The number of carboxylic acids is 1. The van der Waals surface area contributed by atoms with Crippen molar-refractivity contribution in [1.82, 2.24) is 4.98 Å². The molecule has 1 heterocycles. The second kappa shape index (κ2) is 5.13. The molecule has 3 nitrogen and oxygen atoms in total. The third-order valence-electron chi connectivity index (χ3n) is 3.15. The fraction of sp³-hybridized carbons (Fsp3) is 0.333. The molecule has 1 N–H and O–H groups in total. The van der Waals surface area contributed by atoms with Gasteiger partial charge in [0.05, 0.1) is 5.69 Å². The van der Waals surface area contributed by atoms with Gasteiger partial charge in [-0.3, -0.25) is 0 Å². The molecule has 0 atom stereocenters. The molecule has 0 aliphatic rings. The second-order valence-electron chi connectivity index (χ2n) is 4.99. The van der Waals surface area contributed by atoms with Crippen LogP contribution in [0.15, 0.2) is 18.2 Å². The van der Waals surface area contributed by atoms with E-state index in [0.717, 1.165) is 10.6 Å². The Kier molecular flexibility index (Phi) is 3.71. The van der Waals surface area contributed by atoms with Crippen molar-refractivity contribution in [3.8, 4) is 10.6 Å². The van der Waals surface area contributed by atoms with Crippen LogP contribution in [0.1, 0.15) is 46.3 Å². The summed E-state index contributed by atoms with van der Waals surface area (Å²) >= 11 is 1.25. The van der Waals surface area contributed by atoms with Crippen LogP contribution in [0.25, 0.3) is 10.6 Å². The minimum atomic E-state index is -0.892. The van der Waals surface area contributed by atoms with Crippen LogP contribution in [0.4, 0.5) is 0 Å². The summed E-state index contributed by atoms with van der Waals surface area (Å²) in [6.45, 7) is 8.04. The fourth-order valence-electron chi connectivity index (χ4n) is 1.87. The number of thiazole rings is 1. The topological polar surface area (TPSA) is 50.2 Å². The minimum absolute atomic E-state index is 0.114. The Morgan fingerprint density at radius 3 is 2.42 bits per heavy atom. The molecule has 0 spiro atoms. The summed E-state index contributed by atoms with van der Waals surface area (Å²) in [6.07, 6.45) is 0. The Hall–Kier alpha value is -1.68. The molecule has 0 aliphatic heterocycles. The normalized spacial score (nSPS) is 11.0. The molecule has 0 saturated heterocycles. The molecule has 2 rings (SSSR count). The van der Waals surface area contributed by atoms with Crippen LogP contribution in [0.2, 0.25) is 0 Å². The van der Waals surface area contributed by atoms with Crippen molar-refractivity contribution < 1.29 is 9.90 Å². The molecule has 19 heavy (non-hydrogen) atoms. The van der Waals surface area contributed by atoms with E-state index in [1.54, 1.807) is 0 Å². The van der Waals surface area contributed by atoms with Gasteiger partial charge in [-0.15, -0.1) is 11.3 Å². The predicted octanol–water partition coefficient (Wildman–Crippen LogP) is 4.25. The first-order chi connectivity index (χ1) is 8.90. The minimum Gasteiger partial charge on any atom is -0.477 e. The van der Waals surface area contributed by atoms with E-state index in [9.17, 15) is 9.90 Å². The standard InChI is InChI=1S/C15H17NO2S/c1-8(2)12-13(15(17)18)19-14(16-12)11-6-5-9(3)10(4)7-11/h5-8H,1-4H3,(H,17,18). The lowest BCUT2D eigenvalue weighted by Crippen LogP contribution is -2.00. The van der Waals surface area contributed by atoms with Crippen molar-refractivity contribution in [1.29, 1.82) is 0 Å². The first kappa shape index (κ1) is 13.7. The van der Waals surface area contributed by atoms with E-state index in [1.165, 1.54) is 22.5 Å². The van der Waals surface area contributed by atoms with E-state index in [4.69, 9.17) is 0 Å². The van der Waals surface area contributed by atoms with Crippen LogP contribution in [-0.2, 0) is 0 Å². The van der Waals surface area contributed by atoms with E-state index in [0.29, 0.717) is 10.6 Å². The third-order valence-corrected chi connectivity index (χ3v) is 4.26. The number of hydrogen-bond acceptors (Lipinski definition) is 3. The van der Waals surface area contributed by atoms with Gasteiger partial charge in [0.15, 0.2) is 0 Å². The number of nitrogens with zero attached hydrogens (tertiary/aromatic N) is 1. The van der Waals surface area contributed by atoms with E-state index in [-0.39, 0.29) is 5.92 Å². The first-order valence-electron chi connectivity index (χ1n) is 6.21. The number of carbonyl (C=O) groups is 1. The number of aromatic nitrogens is 1. The van der Waals surface area contributed by atoms with Crippen LogP contribution in [0.3, 0.4) is 0 Å². The molecule has 0 unspecified atom stereocenters. The largest absolute Gasteiger partial charge is 0.477 e. The highest BCUT2D eigenvalue weighted by Crippen LogP contribution is 2.32. The summed E-state index contributed by atoms with van der Waals surface area (Å²) < 4.78 is 0. The van der Waals surface area contributed by atoms with Crippen LogP contribution in [-0.4, -0.2) is 16.1 Å². The van der Waals surface area contributed by atoms with Crippen LogP contribution in [0.5, 0.6) is 0 Å². The van der Waals surface area contributed by atoms with Crippen molar-refractivity contribution in [2.75, 3.05) is 0 Å². The Labute approximate surface area is 116 Å². The van der Waals surface area contributed by atoms with Gasteiger partial charge in [0.2, 0.25) is 0 Å². The molecule has 0 saturated carbocycles. The molecule has 4 heteroatoms. The van der Waals surface area contributed by atoms with Gasteiger partial charge < -0.3 is 5.11 Å². The molecular formula is C15H17NO2S. The van der Waals surface area contributed by atoms with E-state index >= 15 is 0 Å². The van der Waals surface area contributed by atoms with Crippen molar-refractivity contribution in [3.05, 3.63) is 39.9 Å². The van der Waals surface area contributed by atoms with Gasteiger partial charge in [0.25, 0.3) is 0 Å². The average Bonchev–Trinajstić information content (AvgIpc) is 2.78. The van der Waals surface area contributed by atoms with Crippen LogP contribution in [0, 0.1) is 13.8 Å². The molecule has 0 radical (unpaired) electrons. The molecule has 1 aromatic heterocycles. The molecule has 0 fully saturated rings. The number of rotatable bonds is 3. The zero-order chi connectivity index (χ0) is 14.2. The third kappa shape index (κ3) is 2.68. The van der Waals surface area contributed by atoms with Crippen molar-refractivity contribution >= 4 is 17.3 Å². The Morgan fingerprint density at radius 1 is 1.26 bits per heavy atom. The summed E-state index contributed by atoms with van der Waals surface area (Å²) in [5.41, 5.74) is 4.08. The molecule has 2 aromatic rings. The summed E-state index contributed by atoms with van der Waals surface area (Å²) in [6, 6.07) is 6.10. The number of carboxylic acid groups (broad SMARTS) is 1. The van der Waals surface area contributed by atoms with Crippen molar-refractivity contribution in [2.24, 2.45) is 0 Å². The Balaban J connectivity index is 2.54. The van der Waals surface area contributed by atoms with E-state index in [2.05, 4.69) is 18.0 Å². The van der Waals surface area contributed by atoms with Gasteiger partial charge >= 0.3 is 5.97 Å². The number of benzene rings is 1. The fourth-order valence-corrected chi connectivity index (χ4v) is 2.93. The highest BCUT2D eigenvalue weighted by Gasteiger charge is 2.20. The van der Waals surface area contributed by atoms with Crippen LogP contribution >= 0.6 is 11.3 Å². The van der Waals surface area contributed by atoms with Gasteiger partial charge in [0.1, 0.15) is 9.88 Å². The number of hydrogen-bond donors (Lipinski definition) is 1. The molecule has 0 amide bonds. The molecule has 100 valence electrons. The van der Waals surface area contributed by atoms with Gasteiger partial charge in [-0.2, -0.15) is 0 Å². The lowest BCUT2D eigenvalue weighted by molar-refractivity contribution is 0.0700. The maximum absolute atomic E-state index is 11.3. The van der Waals surface area contributed by atoms with Crippen LogP contribution < -0.4 is 0 Å². The second-order valence-corrected chi connectivity index (χ2v) is 5.99.